The molecule has 4 aliphatic carbocycles. The van der Waals surface area contributed by atoms with E-state index in [2.05, 4.69) is 53.8 Å². The van der Waals surface area contributed by atoms with Gasteiger partial charge in [-0.15, -0.1) is 0 Å². The number of hydrogen-bond acceptors (Lipinski definition) is 6. The van der Waals surface area contributed by atoms with E-state index in [4.69, 9.17) is 18.4 Å². The predicted octanol–water partition coefficient (Wildman–Crippen LogP) is 7.76. The van der Waals surface area contributed by atoms with Gasteiger partial charge in [0, 0.05) is 12.3 Å². The van der Waals surface area contributed by atoms with Crippen molar-refractivity contribution in [1.82, 2.24) is 0 Å². The molecule has 5 rings (SSSR count). The summed E-state index contributed by atoms with van der Waals surface area (Å²) in [6.07, 6.45) is 8.56. The van der Waals surface area contributed by atoms with E-state index < -0.39 is 22.0 Å². The van der Waals surface area contributed by atoms with Gasteiger partial charge in [-0.3, -0.25) is 0 Å². The zero-order valence-corrected chi connectivity index (χ0v) is 25.7. The standard InChI is InChI=1S/C28H47O6PSi/c1-25(2,3)36(8,9)34-21-11-10-18-22-19(13-15-28(18,21)7)27(6)14-12-17(33-35(29)30)16-20(27)23-24(22)32-26(4,5)31-23/h16,18-24H,10-15H2,1-9H3/t18?,19?,20?,21-,22?,23+,24+,27+,28-/m0/s1. The van der Waals surface area contributed by atoms with Gasteiger partial charge in [0.05, 0.1) is 18.3 Å². The molecule has 5 aliphatic rings. The lowest BCUT2D eigenvalue weighted by atomic mass is 9.44. The normalized spacial score (nSPS) is 45.7. The Morgan fingerprint density at radius 3 is 2.22 bits per heavy atom. The smallest absolute Gasteiger partial charge is 0.413 e. The SMILES string of the molecule is CC1(C)O[C@@H]2C3C(CC[C@@]4(C)C3CC[C@@H]4O[Si](C)(C)C(C)(C)C)[C@@]3(C)CCC(OP(=O)=O)=CC3[C@H]2O1. The number of ether oxygens (including phenoxy) is 2. The predicted molar refractivity (Wildman–Crippen MR) is 141 cm³/mol. The third-order valence-electron chi connectivity index (χ3n) is 11.5. The molecule has 36 heavy (non-hydrogen) atoms. The average Bonchev–Trinajstić information content (AvgIpc) is 3.23. The summed E-state index contributed by atoms with van der Waals surface area (Å²) in [6.45, 7) is 20.7. The molecule has 4 unspecified atom stereocenters. The molecule has 6 nitrogen and oxygen atoms in total. The second kappa shape index (κ2) is 8.52. The van der Waals surface area contributed by atoms with Crippen LogP contribution in [0.4, 0.5) is 0 Å². The van der Waals surface area contributed by atoms with E-state index in [1.54, 1.807) is 0 Å². The number of hydrogen-bond donors (Lipinski definition) is 0. The summed E-state index contributed by atoms with van der Waals surface area (Å²) in [5.74, 6) is 1.51. The molecule has 1 aliphatic heterocycles. The van der Waals surface area contributed by atoms with E-state index in [0.29, 0.717) is 36.0 Å². The van der Waals surface area contributed by atoms with Gasteiger partial charge < -0.3 is 18.4 Å². The van der Waals surface area contributed by atoms with Gasteiger partial charge in [-0.2, -0.15) is 9.13 Å². The summed E-state index contributed by atoms with van der Waals surface area (Å²) in [4.78, 5) is 0. The van der Waals surface area contributed by atoms with E-state index in [1.165, 1.54) is 12.8 Å². The topological polar surface area (TPSA) is 71.1 Å². The Morgan fingerprint density at radius 1 is 0.944 bits per heavy atom. The number of allylic oxidation sites excluding steroid dienone is 1. The zero-order chi connectivity index (χ0) is 26.5. The van der Waals surface area contributed by atoms with Crippen LogP contribution in [0.5, 0.6) is 0 Å². The maximum absolute atomic E-state index is 11.3. The fraction of sp³-hybridized carbons (Fsp3) is 0.929. The first-order chi connectivity index (χ1) is 16.5. The highest BCUT2D eigenvalue weighted by Gasteiger charge is 2.68. The third-order valence-corrected chi connectivity index (χ3v) is 16.3. The third kappa shape index (κ3) is 4.15. The summed E-state index contributed by atoms with van der Waals surface area (Å²) in [7, 11) is -4.78. The highest BCUT2D eigenvalue weighted by Crippen LogP contribution is 2.68. The van der Waals surface area contributed by atoms with Gasteiger partial charge in [0.1, 0.15) is 5.76 Å². The largest absolute Gasteiger partial charge is 0.528 e. The minimum atomic E-state index is -2.90. The van der Waals surface area contributed by atoms with Crippen LogP contribution in [-0.2, 0) is 27.6 Å². The van der Waals surface area contributed by atoms with Gasteiger partial charge in [0.15, 0.2) is 14.1 Å². The van der Waals surface area contributed by atoms with Crippen molar-refractivity contribution < 1.29 is 27.6 Å². The summed E-state index contributed by atoms with van der Waals surface area (Å²) in [6, 6.07) is 0. The highest BCUT2D eigenvalue weighted by molar-refractivity contribution is 7.24. The second-order valence-corrected chi connectivity index (χ2v) is 20.2. The molecule has 9 atom stereocenters. The fourth-order valence-electron chi connectivity index (χ4n) is 8.60. The maximum atomic E-state index is 11.3. The van der Waals surface area contributed by atoms with E-state index in [0.717, 1.165) is 19.3 Å². The Bertz CT molecular complexity index is 990. The molecule has 0 aromatic rings. The molecule has 0 amide bonds. The van der Waals surface area contributed by atoms with Crippen molar-refractivity contribution in [3.8, 4) is 0 Å². The van der Waals surface area contributed by atoms with Crippen LogP contribution in [0.1, 0.15) is 87.0 Å². The monoisotopic (exact) mass is 538 g/mol. The van der Waals surface area contributed by atoms with Crippen LogP contribution in [0, 0.1) is 34.5 Å². The van der Waals surface area contributed by atoms with Crippen LogP contribution < -0.4 is 0 Å². The summed E-state index contributed by atoms with van der Waals surface area (Å²) in [5.41, 5.74) is 0.191. The lowest BCUT2D eigenvalue weighted by Gasteiger charge is -2.62. The lowest BCUT2D eigenvalue weighted by Crippen LogP contribution is -2.62. The molecule has 0 N–H and O–H groups in total. The fourth-order valence-corrected chi connectivity index (χ4v) is 10.4. The first-order valence-electron chi connectivity index (χ1n) is 14.1. The molecule has 0 aromatic carbocycles. The summed E-state index contributed by atoms with van der Waals surface area (Å²) < 4.78 is 48.3. The van der Waals surface area contributed by atoms with E-state index >= 15 is 0 Å². The molecule has 0 aromatic heterocycles. The molecule has 204 valence electrons. The van der Waals surface area contributed by atoms with Crippen molar-refractivity contribution in [3.63, 3.8) is 0 Å². The molecule has 3 saturated carbocycles. The minimum Gasteiger partial charge on any atom is -0.413 e. The second-order valence-electron chi connectivity index (χ2n) is 14.8. The number of rotatable bonds is 4. The molecule has 8 heteroatoms. The molecule has 1 saturated heterocycles. The summed E-state index contributed by atoms with van der Waals surface area (Å²) in [5, 5.41) is 0.199. The van der Waals surface area contributed by atoms with Gasteiger partial charge in [-0.05, 0) is 98.7 Å². The van der Waals surface area contributed by atoms with E-state index in [1.807, 2.05) is 13.8 Å². The molecule has 0 bridgehead atoms. The average molecular weight is 539 g/mol. The van der Waals surface area contributed by atoms with Crippen LogP contribution in [0.15, 0.2) is 11.8 Å². The molecule has 4 fully saturated rings. The van der Waals surface area contributed by atoms with Crippen molar-refractivity contribution in [1.29, 1.82) is 0 Å². The van der Waals surface area contributed by atoms with Gasteiger partial charge in [-0.1, -0.05) is 34.6 Å². The van der Waals surface area contributed by atoms with Crippen LogP contribution >= 0.6 is 7.91 Å². The maximum Gasteiger partial charge on any atom is 0.528 e. The Kier molecular flexibility index (Phi) is 6.41. The van der Waals surface area contributed by atoms with Gasteiger partial charge in [-0.25, -0.2) is 0 Å². The van der Waals surface area contributed by atoms with Crippen molar-refractivity contribution in [2.45, 2.75) is 129 Å². The highest BCUT2D eigenvalue weighted by atomic mass is 31.1. The van der Waals surface area contributed by atoms with Crippen molar-refractivity contribution in [3.05, 3.63) is 11.8 Å². The van der Waals surface area contributed by atoms with Crippen molar-refractivity contribution >= 4 is 16.2 Å². The Morgan fingerprint density at radius 2 is 1.58 bits per heavy atom. The molecule has 0 spiro atoms. The number of fused-ring (bicyclic) bond motifs is 8. The van der Waals surface area contributed by atoms with Crippen molar-refractivity contribution in [2.75, 3.05) is 0 Å². The summed E-state index contributed by atoms with van der Waals surface area (Å²) >= 11 is 0. The molecule has 1 heterocycles. The van der Waals surface area contributed by atoms with Gasteiger partial charge in [0.2, 0.25) is 0 Å². The van der Waals surface area contributed by atoms with Crippen LogP contribution in [0.2, 0.25) is 18.1 Å². The van der Waals surface area contributed by atoms with Crippen LogP contribution in [0.25, 0.3) is 0 Å². The Labute approximate surface area is 219 Å². The molecular weight excluding hydrogens is 491 g/mol. The Balaban J connectivity index is 1.50. The van der Waals surface area contributed by atoms with E-state index in [9.17, 15) is 9.13 Å². The van der Waals surface area contributed by atoms with Crippen LogP contribution in [-0.4, -0.2) is 32.4 Å². The molecule has 0 radical (unpaired) electrons. The van der Waals surface area contributed by atoms with E-state index in [-0.39, 0.29) is 34.0 Å². The van der Waals surface area contributed by atoms with Crippen molar-refractivity contribution in [2.24, 2.45) is 34.5 Å². The lowest BCUT2D eigenvalue weighted by molar-refractivity contribution is -0.171. The Hall–Kier alpha value is -0.463. The van der Waals surface area contributed by atoms with Gasteiger partial charge >= 0.3 is 7.91 Å². The first kappa shape index (κ1) is 27.1. The van der Waals surface area contributed by atoms with Crippen LogP contribution in [0.3, 0.4) is 0 Å². The quantitative estimate of drug-likeness (QED) is 0.269. The zero-order valence-electron chi connectivity index (χ0n) is 23.8. The minimum absolute atomic E-state index is 0.0101. The molecular formula is C28H47O6PSi. The van der Waals surface area contributed by atoms with Gasteiger partial charge in [0.25, 0.3) is 0 Å². The first-order valence-corrected chi connectivity index (χ1v) is 18.1.